The SMILES string of the molecule is COC(=O)c1c(C)[nH]c(C(=O)CN2C(=O)c3cccc4cccc2c34)c1C. The summed E-state index contributed by atoms with van der Waals surface area (Å²) < 4.78 is 4.79. The van der Waals surface area contributed by atoms with Crippen LogP contribution in [0, 0.1) is 13.8 Å². The molecule has 1 aliphatic rings. The minimum absolute atomic E-state index is 0.103. The maximum absolute atomic E-state index is 12.9. The molecule has 3 aromatic rings. The van der Waals surface area contributed by atoms with E-state index in [4.69, 9.17) is 4.74 Å². The first-order chi connectivity index (χ1) is 12.9. The Morgan fingerprint density at radius 2 is 1.81 bits per heavy atom. The van der Waals surface area contributed by atoms with Gasteiger partial charge < -0.3 is 9.72 Å². The van der Waals surface area contributed by atoms with Gasteiger partial charge in [0.05, 0.1) is 30.6 Å². The van der Waals surface area contributed by atoms with Gasteiger partial charge >= 0.3 is 5.97 Å². The first-order valence-corrected chi connectivity index (χ1v) is 8.58. The Morgan fingerprint density at radius 3 is 2.52 bits per heavy atom. The van der Waals surface area contributed by atoms with Crippen molar-refractivity contribution in [1.82, 2.24) is 4.98 Å². The van der Waals surface area contributed by atoms with Crippen molar-refractivity contribution in [1.29, 1.82) is 0 Å². The van der Waals surface area contributed by atoms with Crippen molar-refractivity contribution >= 4 is 34.1 Å². The molecule has 6 nitrogen and oxygen atoms in total. The number of Topliss-reactive ketones (excluding diaryl/α,β-unsaturated/α-hetero) is 1. The molecule has 0 aliphatic carbocycles. The number of ether oxygens (including phenoxy) is 1. The molecule has 1 aromatic heterocycles. The number of ketones is 1. The van der Waals surface area contributed by atoms with Gasteiger partial charge in [-0.25, -0.2) is 4.79 Å². The molecule has 0 radical (unpaired) electrons. The van der Waals surface area contributed by atoms with Gasteiger partial charge in [-0.3, -0.25) is 14.5 Å². The minimum Gasteiger partial charge on any atom is -0.465 e. The minimum atomic E-state index is -0.491. The third kappa shape index (κ3) is 2.44. The summed E-state index contributed by atoms with van der Waals surface area (Å²) in [7, 11) is 1.30. The van der Waals surface area contributed by atoms with Crippen LogP contribution >= 0.6 is 0 Å². The maximum atomic E-state index is 12.9. The summed E-state index contributed by atoms with van der Waals surface area (Å²) in [5.41, 5.74) is 3.12. The predicted octanol–water partition coefficient (Wildman–Crippen LogP) is 3.41. The summed E-state index contributed by atoms with van der Waals surface area (Å²) >= 11 is 0. The van der Waals surface area contributed by atoms with Gasteiger partial charge in [0.15, 0.2) is 5.78 Å². The van der Waals surface area contributed by atoms with E-state index >= 15 is 0 Å². The topological polar surface area (TPSA) is 79.5 Å². The van der Waals surface area contributed by atoms with Crippen molar-refractivity contribution in [2.45, 2.75) is 13.8 Å². The molecule has 27 heavy (non-hydrogen) atoms. The number of aryl methyl sites for hydroxylation is 1. The standard InChI is InChI=1S/C21H18N2O4/c1-11-17(21(26)27-3)12(2)22-19(11)16(24)10-23-15-9-5-7-13-6-4-8-14(18(13)15)20(23)25/h4-9,22H,10H2,1-3H3. The van der Waals surface area contributed by atoms with Crippen LogP contribution < -0.4 is 4.90 Å². The number of amides is 1. The van der Waals surface area contributed by atoms with Gasteiger partial charge in [-0.05, 0) is 36.9 Å². The van der Waals surface area contributed by atoms with E-state index < -0.39 is 5.97 Å². The number of nitrogens with one attached hydrogen (secondary N) is 1. The summed E-state index contributed by atoms with van der Waals surface area (Å²) in [6.45, 7) is 3.31. The van der Waals surface area contributed by atoms with Gasteiger partial charge in [0.25, 0.3) is 5.91 Å². The van der Waals surface area contributed by atoms with Crippen molar-refractivity contribution < 1.29 is 19.1 Å². The molecule has 0 bridgehead atoms. The highest BCUT2D eigenvalue weighted by Gasteiger charge is 2.32. The quantitative estimate of drug-likeness (QED) is 0.570. The van der Waals surface area contributed by atoms with Gasteiger partial charge in [-0.2, -0.15) is 0 Å². The number of esters is 1. The monoisotopic (exact) mass is 362 g/mol. The van der Waals surface area contributed by atoms with E-state index in [9.17, 15) is 14.4 Å². The van der Waals surface area contributed by atoms with Crippen molar-refractivity contribution in [2.75, 3.05) is 18.6 Å². The van der Waals surface area contributed by atoms with Gasteiger partial charge in [-0.1, -0.05) is 24.3 Å². The van der Waals surface area contributed by atoms with Gasteiger partial charge in [0, 0.05) is 16.6 Å². The molecule has 2 aromatic carbocycles. The number of rotatable bonds is 4. The molecule has 0 saturated carbocycles. The van der Waals surface area contributed by atoms with E-state index in [0.717, 1.165) is 16.5 Å². The third-order valence-corrected chi connectivity index (χ3v) is 5.06. The Kier molecular flexibility index (Phi) is 3.84. The van der Waals surface area contributed by atoms with Crippen molar-refractivity contribution in [2.24, 2.45) is 0 Å². The number of carbonyl (C=O) groups is 3. The summed E-state index contributed by atoms with van der Waals surface area (Å²) in [5.74, 6) is -0.942. The third-order valence-electron chi connectivity index (χ3n) is 5.06. The van der Waals surface area contributed by atoms with E-state index in [1.165, 1.54) is 12.0 Å². The lowest BCUT2D eigenvalue weighted by atomic mass is 10.1. The fourth-order valence-electron chi connectivity index (χ4n) is 3.80. The zero-order valence-corrected chi connectivity index (χ0v) is 15.3. The van der Waals surface area contributed by atoms with E-state index in [-0.39, 0.29) is 18.2 Å². The van der Waals surface area contributed by atoms with Crippen molar-refractivity contribution in [3.63, 3.8) is 0 Å². The number of aromatic amines is 1. The molecule has 0 unspecified atom stereocenters. The van der Waals surface area contributed by atoms with Crippen LogP contribution in [0.5, 0.6) is 0 Å². The number of benzene rings is 2. The van der Waals surface area contributed by atoms with Gasteiger partial charge in [-0.15, -0.1) is 0 Å². The maximum Gasteiger partial charge on any atom is 0.339 e. The van der Waals surface area contributed by atoms with Crippen LogP contribution in [0.1, 0.15) is 42.5 Å². The Labute approximate surface area is 155 Å². The summed E-state index contributed by atoms with van der Waals surface area (Å²) in [6, 6.07) is 11.2. The molecule has 1 N–H and O–H groups in total. The molecule has 136 valence electrons. The molecule has 2 heterocycles. The summed E-state index contributed by atoms with van der Waals surface area (Å²) in [6.07, 6.45) is 0. The largest absolute Gasteiger partial charge is 0.465 e. The lowest BCUT2D eigenvalue weighted by Gasteiger charge is -2.16. The van der Waals surface area contributed by atoms with Crippen LogP contribution in [0.4, 0.5) is 5.69 Å². The first kappa shape index (κ1) is 17.0. The average Bonchev–Trinajstić information content (AvgIpc) is 3.11. The fraction of sp³-hybridized carbons (Fsp3) is 0.190. The van der Waals surface area contributed by atoms with Crippen LogP contribution in [0.15, 0.2) is 36.4 Å². The lowest BCUT2D eigenvalue weighted by molar-refractivity contribution is 0.0599. The molecule has 6 heteroatoms. The highest BCUT2D eigenvalue weighted by atomic mass is 16.5. The second-order valence-corrected chi connectivity index (χ2v) is 6.61. The number of H-pyrrole nitrogens is 1. The number of nitrogens with zero attached hydrogens (tertiary/aromatic N) is 1. The summed E-state index contributed by atoms with van der Waals surface area (Å²) in [4.78, 5) is 42.2. The molecule has 0 saturated heterocycles. The number of hydrogen-bond donors (Lipinski definition) is 1. The normalized spacial score (nSPS) is 12.7. The van der Waals surface area contributed by atoms with Gasteiger partial charge in [0.1, 0.15) is 0 Å². The fourth-order valence-corrected chi connectivity index (χ4v) is 3.80. The molecule has 0 spiro atoms. The van der Waals surface area contributed by atoms with Crippen LogP contribution in [-0.2, 0) is 4.74 Å². The Balaban J connectivity index is 1.70. The van der Waals surface area contributed by atoms with Gasteiger partial charge in [0.2, 0.25) is 0 Å². The van der Waals surface area contributed by atoms with Crippen LogP contribution in [0.2, 0.25) is 0 Å². The Bertz CT molecular complexity index is 1120. The van der Waals surface area contributed by atoms with E-state index in [1.54, 1.807) is 19.9 Å². The second kappa shape index (κ2) is 6.09. The smallest absolute Gasteiger partial charge is 0.339 e. The zero-order chi connectivity index (χ0) is 19.3. The van der Waals surface area contributed by atoms with Crippen LogP contribution in [0.3, 0.4) is 0 Å². The summed E-state index contributed by atoms with van der Waals surface area (Å²) in [5, 5.41) is 1.83. The highest BCUT2D eigenvalue weighted by Crippen LogP contribution is 2.37. The number of aromatic nitrogens is 1. The van der Waals surface area contributed by atoms with E-state index in [0.29, 0.717) is 28.1 Å². The molecular formula is C21H18N2O4. The molecular weight excluding hydrogens is 344 g/mol. The number of hydrogen-bond acceptors (Lipinski definition) is 4. The average molecular weight is 362 g/mol. The molecule has 0 fully saturated rings. The molecule has 1 aliphatic heterocycles. The Hall–Kier alpha value is -3.41. The first-order valence-electron chi connectivity index (χ1n) is 8.58. The Morgan fingerprint density at radius 1 is 1.11 bits per heavy atom. The van der Waals surface area contributed by atoms with Crippen LogP contribution in [-0.4, -0.2) is 36.3 Å². The molecule has 0 atom stereocenters. The zero-order valence-electron chi connectivity index (χ0n) is 15.3. The number of anilines is 1. The second-order valence-electron chi connectivity index (χ2n) is 6.61. The van der Waals surface area contributed by atoms with E-state index in [2.05, 4.69) is 4.98 Å². The van der Waals surface area contributed by atoms with Crippen molar-refractivity contribution in [3.8, 4) is 0 Å². The number of methoxy groups -OCH3 is 1. The number of carbonyl (C=O) groups excluding carboxylic acids is 3. The highest BCUT2D eigenvalue weighted by molar-refractivity contribution is 6.26. The molecule has 4 rings (SSSR count). The van der Waals surface area contributed by atoms with Crippen LogP contribution in [0.25, 0.3) is 10.8 Å². The van der Waals surface area contributed by atoms with Crippen molar-refractivity contribution in [3.05, 3.63) is 64.5 Å². The predicted molar refractivity (Wildman–Crippen MR) is 102 cm³/mol. The molecule has 1 amide bonds. The lowest BCUT2D eigenvalue weighted by Crippen LogP contribution is -2.33. The van der Waals surface area contributed by atoms with E-state index in [1.807, 2.05) is 30.3 Å².